The van der Waals surface area contributed by atoms with Crippen molar-refractivity contribution in [1.82, 2.24) is 5.32 Å². The molecular formula is C18H37NO2. The molecule has 0 aromatic carbocycles. The molecule has 0 radical (unpaired) electrons. The van der Waals surface area contributed by atoms with Crippen LogP contribution in [0.4, 0.5) is 0 Å². The molecule has 3 nitrogen and oxygen atoms in total. The number of carboxylic acids is 1. The number of hydrogen-bond donors (Lipinski definition) is 2. The molecule has 0 heterocycles. The lowest BCUT2D eigenvalue weighted by Gasteiger charge is -2.13. The van der Waals surface area contributed by atoms with Gasteiger partial charge in [0.1, 0.15) is 6.04 Å². The van der Waals surface area contributed by atoms with Crippen LogP contribution in [0.5, 0.6) is 0 Å². The first-order valence-corrected chi connectivity index (χ1v) is 9.18. The normalized spacial score (nSPS) is 12.5. The van der Waals surface area contributed by atoms with E-state index in [9.17, 15) is 4.79 Å². The quantitative estimate of drug-likeness (QED) is 0.388. The lowest BCUT2D eigenvalue weighted by Crippen LogP contribution is -2.37. The van der Waals surface area contributed by atoms with E-state index in [2.05, 4.69) is 19.2 Å². The molecule has 0 saturated carbocycles. The Hall–Kier alpha value is -0.570. The third-order valence-corrected chi connectivity index (χ3v) is 4.07. The van der Waals surface area contributed by atoms with Crippen molar-refractivity contribution in [3.63, 3.8) is 0 Å². The zero-order valence-corrected chi connectivity index (χ0v) is 14.3. The first-order valence-electron chi connectivity index (χ1n) is 9.18. The number of aliphatic carboxylic acids is 1. The van der Waals surface area contributed by atoms with Crippen LogP contribution >= 0.6 is 0 Å². The highest BCUT2D eigenvalue weighted by molar-refractivity contribution is 5.73. The van der Waals surface area contributed by atoms with Crippen LogP contribution in [0.1, 0.15) is 97.3 Å². The van der Waals surface area contributed by atoms with E-state index in [-0.39, 0.29) is 6.04 Å². The van der Waals surface area contributed by atoms with E-state index in [0.717, 1.165) is 32.2 Å². The molecule has 0 bridgehead atoms. The van der Waals surface area contributed by atoms with Gasteiger partial charge in [-0.2, -0.15) is 0 Å². The second-order valence-electron chi connectivity index (χ2n) is 6.17. The molecule has 0 saturated heterocycles. The zero-order chi connectivity index (χ0) is 15.8. The highest BCUT2D eigenvalue weighted by Gasteiger charge is 2.14. The second kappa shape index (κ2) is 15.8. The molecule has 3 heteroatoms. The average Bonchev–Trinajstić information content (AvgIpc) is 2.47. The third kappa shape index (κ3) is 14.1. The minimum atomic E-state index is -0.699. The Balaban J connectivity index is 3.31. The van der Waals surface area contributed by atoms with Gasteiger partial charge in [0.05, 0.1) is 0 Å². The summed E-state index contributed by atoms with van der Waals surface area (Å²) in [6.45, 7) is 5.20. The molecule has 0 fully saturated rings. The van der Waals surface area contributed by atoms with Gasteiger partial charge in [0.15, 0.2) is 0 Å². The predicted molar refractivity (Wildman–Crippen MR) is 90.8 cm³/mol. The summed E-state index contributed by atoms with van der Waals surface area (Å²) in [6.07, 6.45) is 16.0. The molecule has 0 aliphatic rings. The highest BCUT2D eigenvalue weighted by Crippen LogP contribution is 2.10. The largest absolute Gasteiger partial charge is 0.480 e. The maximum atomic E-state index is 11.1. The van der Waals surface area contributed by atoms with Crippen molar-refractivity contribution in [2.75, 3.05) is 6.54 Å². The lowest BCUT2D eigenvalue weighted by molar-refractivity contribution is -0.139. The summed E-state index contributed by atoms with van der Waals surface area (Å²) >= 11 is 0. The summed E-state index contributed by atoms with van der Waals surface area (Å²) in [5.41, 5.74) is 0. The van der Waals surface area contributed by atoms with E-state index in [4.69, 9.17) is 5.11 Å². The number of rotatable bonds is 16. The topological polar surface area (TPSA) is 49.3 Å². The van der Waals surface area contributed by atoms with Gasteiger partial charge in [-0.3, -0.25) is 4.79 Å². The maximum absolute atomic E-state index is 11.1. The van der Waals surface area contributed by atoms with Crippen LogP contribution < -0.4 is 5.32 Å². The molecular weight excluding hydrogens is 262 g/mol. The lowest BCUT2D eigenvalue weighted by atomic mass is 10.1. The maximum Gasteiger partial charge on any atom is 0.320 e. The number of unbranched alkanes of at least 4 members (excludes halogenated alkanes) is 10. The molecule has 0 aliphatic heterocycles. The molecule has 126 valence electrons. The predicted octanol–water partition coefficient (Wildman–Crippen LogP) is 5.14. The van der Waals surface area contributed by atoms with Crippen LogP contribution in [-0.2, 0) is 4.79 Å². The Bertz CT molecular complexity index is 231. The van der Waals surface area contributed by atoms with E-state index < -0.39 is 5.97 Å². The Morgan fingerprint density at radius 2 is 1.29 bits per heavy atom. The number of carbonyl (C=O) groups is 1. The van der Waals surface area contributed by atoms with Gasteiger partial charge >= 0.3 is 5.97 Å². The van der Waals surface area contributed by atoms with Crippen LogP contribution in [0.2, 0.25) is 0 Å². The van der Waals surface area contributed by atoms with Crippen molar-refractivity contribution in [3.05, 3.63) is 0 Å². The number of nitrogens with one attached hydrogen (secondary N) is 1. The van der Waals surface area contributed by atoms with E-state index in [1.165, 1.54) is 57.8 Å². The molecule has 0 aromatic rings. The van der Waals surface area contributed by atoms with Gasteiger partial charge in [-0.1, -0.05) is 84.5 Å². The van der Waals surface area contributed by atoms with E-state index >= 15 is 0 Å². The van der Waals surface area contributed by atoms with Gasteiger partial charge in [-0.05, 0) is 19.4 Å². The molecule has 21 heavy (non-hydrogen) atoms. The fourth-order valence-electron chi connectivity index (χ4n) is 2.61. The fourth-order valence-corrected chi connectivity index (χ4v) is 2.61. The second-order valence-corrected chi connectivity index (χ2v) is 6.17. The van der Waals surface area contributed by atoms with Crippen LogP contribution in [0.25, 0.3) is 0 Å². The van der Waals surface area contributed by atoms with Gasteiger partial charge in [0.25, 0.3) is 0 Å². The van der Waals surface area contributed by atoms with Crippen LogP contribution in [0, 0.1) is 0 Å². The molecule has 0 rings (SSSR count). The van der Waals surface area contributed by atoms with Crippen LogP contribution in [-0.4, -0.2) is 23.7 Å². The van der Waals surface area contributed by atoms with Gasteiger partial charge in [-0.15, -0.1) is 0 Å². The average molecular weight is 299 g/mol. The monoisotopic (exact) mass is 299 g/mol. The van der Waals surface area contributed by atoms with E-state index in [1.807, 2.05) is 0 Å². The highest BCUT2D eigenvalue weighted by atomic mass is 16.4. The SMILES string of the molecule is CCCCCCCCCCCCNC(CCCC)C(=O)O. The van der Waals surface area contributed by atoms with Gasteiger partial charge in [-0.25, -0.2) is 0 Å². The van der Waals surface area contributed by atoms with Gasteiger partial charge in [0, 0.05) is 0 Å². The fraction of sp³-hybridized carbons (Fsp3) is 0.944. The Morgan fingerprint density at radius 1 is 0.810 bits per heavy atom. The van der Waals surface area contributed by atoms with Crippen molar-refractivity contribution in [1.29, 1.82) is 0 Å². The van der Waals surface area contributed by atoms with E-state index in [1.54, 1.807) is 0 Å². The Kier molecular flexibility index (Phi) is 15.4. The van der Waals surface area contributed by atoms with E-state index in [0.29, 0.717) is 0 Å². The van der Waals surface area contributed by atoms with Crippen LogP contribution in [0.15, 0.2) is 0 Å². The summed E-state index contributed by atoms with van der Waals surface area (Å²) in [5.74, 6) is -0.699. The van der Waals surface area contributed by atoms with Gasteiger partial charge in [0.2, 0.25) is 0 Å². The molecule has 1 unspecified atom stereocenters. The third-order valence-electron chi connectivity index (χ3n) is 4.07. The van der Waals surface area contributed by atoms with Crippen LogP contribution in [0.3, 0.4) is 0 Å². The van der Waals surface area contributed by atoms with Gasteiger partial charge < -0.3 is 10.4 Å². The summed E-state index contributed by atoms with van der Waals surface area (Å²) in [6, 6.07) is -0.344. The van der Waals surface area contributed by atoms with Crippen molar-refractivity contribution >= 4 is 5.97 Å². The molecule has 0 aliphatic carbocycles. The summed E-state index contributed by atoms with van der Waals surface area (Å²) in [4.78, 5) is 11.1. The van der Waals surface area contributed by atoms with Crippen molar-refractivity contribution < 1.29 is 9.90 Å². The van der Waals surface area contributed by atoms with Crippen molar-refractivity contribution in [3.8, 4) is 0 Å². The number of hydrogen-bond acceptors (Lipinski definition) is 2. The Morgan fingerprint density at radius 3 is 1.76 bits per heavy atom. The summed E-state index contributed by atoms with van der Waals surface area (Å²) in [5, 5.41) is 12.3. The zero-order valence-electron chi connectivity index (χ0n) is 14.3. The summed E-state index contributed by atoms with van der Waals surface area (Å²) < 4.78 is 0. The van der Waals surface area contributed by atoms with Crippen molar-refractivity contribution in [2.24, 2.45) is 0 Å². The molecule has 0 spiro atoms. The molecule has 1 atom stereocenters. The number of carboxylic acid groups (broad SMARTS) is 1. The Labute approximate surface area is 131 Å². The molecule has 0 aromatic heterocycles. The molecule has 2 N–H and O–H groups in total. The smallest absolute Gasteiger partial charge is 0.320 e. The summed E-state index contributed by atoms with van der Waals surface area (Å²) in [7, 11) is 0. The first-order chi connectivity index (χ1) is 10.2. The standard InChI is InChI=1S/C18H37NO2/c1-3-5-7-8-9-10-11-12-13-14-16-19-17(18(20)21)15-6-4-2/h17,19H,3-16H2,1-2H3,(H,20,21). The minimum absolute atomic E-state index is 0.344. The van der Waals surface area contributed by atoms with Crippen molar-refractivity contribution in [2.45, 2.75) is 103 Å². The first kappa shape index (κ1) is 20.4. The molecule has 0 amide bonds. The minimum Gasteiger partial charge on any atom is -0.480 e.